The molecule has 3 rings (SSSR count). The Morgan fingerprint density at radius 1 is 1.12 bits per heavy atom. The van der Waals surface area contributed by atoms with Crippen LogP contribution in [0.25, 0.3) is 0 Å². The first-order valence-corrected chi connectivity index (χ1v) is 12.4. The minimum absolute atomic E-state index is 0.0220. The van der Waals surface area contributed by atoms with Crippen LogP contribution in [0, 0.1) is 20.8 Å². The van der Waals surface area contributed by atoms with Crippen LogP contribution in [-0.2, 0) is 10.0 Å². The Kier molecular flexibility index (Phi) is 7.86. The largest absolute Gasteiger partial charge is 0.337 e. The Labute approximate surface area is 191 Å². The van der Waals surface area contributed by atoms with Crippen molar-refractivity contribution in [1.29, 1.82) is 0 Å². The Morgan fingerprint density at radius 3 is 2.41 bits per heavy atom. The summed E-state index contributed by atoms with van der Waals surface area (Å²) in [6.07, 6.45) is 1.53. The molecule has 0 aliphatic carbocycles. The smallest absolute Gasteiger partial charge is 0.319 e. The summed E-state index contributed by atoms with van der Waals surface area (Å²) >= 11 is 0. The predicted octanol–water partition coefficient (Wildman–Crippen LogP) is 2.91. The van der Waals surface area contributed by atoms with Crippen molar-refractivity contribution >= 4 is 21.7 Å². The van der Waals surface area contributed by atoms with Crippen molar-refractivity contribution in [1.82, 2.24) is 19.5 Å². The number of aromatic nitrogens is 1. The number of piperidine rings is 1. The van der Waals surface area contributed by atoms with Crippen molar-refractivity contribution in [2.24, 2.45) is 0 Å². The van der Waals surface area contributed by atoms with Gasteiger partial charge in [0.25, 0.3) is 0 Å². The third-order valence-electron chi connectivity index (χ3n) is 5.79. The van der Waals surface area contributed by atoms with Crippen LogP contribution in [-0.4, -0.2) is 67.9 Å². The Morgan fingerprint density at radius 2 is 1.78 bits per heavy atom. The van der Waals surface area contributed by atoms with E-state index in [1.807, 2.05) is 39.0 Å². The number of pyridine rings is 1. The minimum atomic E-state index is -3.50. The average Bonchev–Trinajstić information content (AvgIpc) is 2.73. The summed E-state index contributed by atoms with van der Waals surface area (Å²) in [5, 5.41) is 5.72. The molecule has 1 aromatic heterocycles. The van der Waals surface area contributed by atoms with Crippen LogP contribution >= 0.6 is 0 Å². The van der Waals surface area contributed by atoms with E-state index in [0.29, 0.717) is 11.4 Å². The molecule has 1 aromatic carbocycles. The van der Waals surface area contributed by atoms with Gasteiger partial charge in [0.2, 0.25) is 10.0 Å². The molecule has 0 radical (unpaired) electrons. The maximum Gasteiger partial charge on any atom is 0.319 e. The maximum absolute atomic E-state index is 13.0. The van der Waals surface area contributed by atoms with E-state index >= 15 is 0 Å². The fourth-order valence-corrected chi connectivity index (χ4v) is 5.58. The molecule has 8 nitrogen and oxygen atoms in total. The molecule has 2 amide bonds. The summed E-state index contributed by atoms with van der Waals surface area (Å²) in [6.45, 7) is 8.52. The van der Waals surface area contributed by atoms with E-state index in [-0.39, 0.29) is 12.1 Å². The number of hydrogen-bond donors (Lipinski definition) is 2. The van der Waals surface area contributed by atoms with Gasteiger partial charge in [-0.1, -0.05) is 12.1 Å². The highest BCUT2D eigenvalue weighted by Crippen LogP contribution is 2.23. The lowest BCUT2D eigenvalue weighted by atomic mass is 10.1. The van der Waals surface area contributed by atoms with Gasteiger partial charge >= 0.3 is 6.03 Å². The van der Waals surface area contributed by atoms with Crippen molar-refractivity contribution < 1.29 is 13.2 Å². The molecule has 0 saturated carbocycles. The first-order valence-electron chi connectivity index (χ1n) is 10.9. The zero-order chi connectivity index (χ0) is 23.3. The maximum atomic E-state index is 13.0. The summed E-state index contributed by atoms with van der Waals surface area (Å²) in [4.78, 5) is 19.1. The van der Waals surface area contributed by atoms with Crippen molar-refractivity contribution in [3.63, 3.8) is 0 Å². The fourth-order valence-electron chi connectivity index (χ4n) is 4.05. The molecule has 1 fully saturated rings. The van der Waals surface area contributed by atoms with Gasteiger partial charge in [-0.05, 0) is 76.5 Å². The van der Waals surface area contributed by atoms with Gasteiger partial charge in [0.05, 0.1) is 4.90 Å². The molecule has 1 saturated heterocycles. The molecule has 2 N–H and O–H groups in total. The molecular weight excluding hydrogens is 426 g/mol. The molecule has 0 unspecified atom stereocenters. The Bertz CT molecular complexity index is 1030. The van der Waals surface area contributed by atoms with Gasteiger partial charge in [-0.15, -0.1) is 0 Å². The summed E-state index contributed by atoms with van der Waals surface area (Å²) in [6, 6.07) is 10.4. The lowest BCUT2D eigenvalue weighted by Gasteiger charge is -2.36. The van der Waals surface area contributed by atoms with Gasteiger partial charge in [-0.3, -0.25) is 4.98 Å². The second kappa shape index (κ2) is 10.4. The molecule has 0 atom stereocenters. The third kappa shape index (κ3) is 6.27. The second-order valence-corrected chi connectivity index (χ2v) is 10.4. The topological polar surface area (TPSA) is 94.6 Å². The van der Waals surface area contributed by atoms with E-state index in [2.05, 4.69) is 20.5 Å². The SMILES string of the molecule is Cc1cccc(S(=O)(=O)N(C)C2CCN(CCNC(=O)Nc3cc(C)nc(C)c3)CC2)c1. The van der Waals surface area contributed by atoms with Crippen LogP contribution in [0.2, 0.25) is 0 Å². The highest BCUT2D eigenvalue weighted by atomic mass is 32.2. The first kappa shape index (κ1) is 24.2. The van der Waals surface area contributed by atoms with Gasteiger partial charge in [0.1, 0.15) is 0 Å². The average molecular weight is 460 g/mol. The number of benzene rings is 1. The number of nitrogens with zero attached hydrogens (tertiary/aromatic N) is 3. The van der Waals surface area contributed by atoms with Gasteiger partial charge in [0, 0.05) is 43.3 Å². The molecule has 174 valence electrons. The van der Waals surface area contributed by atoms with Crippen molar-refractivity contribution in [2.45, 2.75) is 44.6 Å². The molecular formula is C23H33N5O3S. The predicted molar refractivity (Wildman–Crippen MR) is 126 cm³/mol. The van der Waals surface area contributed by atoms with Crippen molar-refractivity contribution in [3.8, 4) is 0 Å². The zero-order valence-electron chi connectivity index (χ0n) is 19.3. The normalized spacial score (nSPS) is 15.7. The number of amides is 2. The number of anilines is 1. The number of carbonyl (C=O) groups is 1. The molecule has 1 aliphatic heterocycles. The molecule has 2 aromatic rings. The summed E-state index contributed by atoms with van der Waals surface area (Å²) < 4.78 is 27.4. The zero-order valence-corrected chi connectivity index (χ0v) is 20.1. The minimum Gasteiger partial charge on any atom is -0.337 e. The molecule has 0 spiro atoms. The third-order valence-corrected chi connectivity index (χ3v) is 7.70. The lowest BCUT2D eigenvalue weighted by molar-refractivity contribution is 0.170. The number of carbonyl (C=O) groups excluding carboxylic acids is 1. The number of likely N-dealkylation sites (tertiary alicyclic amines) is 1. The molecule has 1 aliphatic rings. The lowest BCUT2D eigenvalue weighted by Crippen LogP contribution is -2.47. The van der Waals surface area contributed by atoms with Gasteiger partial charge in [0.15, 0.2) is 0 Å². The van der Waals surface area contributed by atoms with Gasteiger partial charge < -0.3 is 15.5 Å². The van der Waals surface area contributed by atoms with Crippen molar-refractivity contribution in [2.75, 3.05) is 38.5 Å². The van der Waals surface area contributed by atoms with Crippen LogP contribution in [0.15, 0.2) is 41.3 Å². The summed E-state index contributed by atoms with van der Waals surface area (Å²) in [5.74, 6) is 0. The standard InChI is InChI=1S/C23H33N5O3S/c1-17-6-5-7-22(14-17)32(30,31)27(4)21-8-11-28(12-9-21)13-10-24-23(29)26-20-15-18(2)25-19(3)16-20/h5-7,14-16,21H,8-13H2,1-4H3,(H2,24,25,26,29). The van der Waals surface area contributed by atoms with E-state index < -0.39 is 10.0 Å². The molecule has 2 heterocycles. The number of hydrogen-bond acceptors (Lipinski definition) is 5. The molecule has 9 heteroatoms. The van der Waals surface area contributed by atoms with Crippen LogP contribution in [0.1, 0.15) is 29.8 Å². The molecule has 0 bridgehead atoms. The van der Waals surface area contributed by atoms with Crippen LogP contribution in [0.3, 0.4) is 0 Å². The summed E-state index contributed by atoms with van der Waals surface area (Å²) in [5.41, 5.74) is 3.38. The van der Waals surface area contributed by atoms with E-state index in [1.54, 1.807) is 25.2 Å². The number of urea groups is 1. The number of rotatable bonds is 7. The first-order chi connectivity index (χ1) is 15.1. The van der Waals surface area contributed by atoms with E-state index in [9.17, 15) is 13.2 Å². The monoisotopic (exact) mass is 459 g/mol. The Balaban J connectivity index is 1.43. The fraction of sp³-hybridized carbons (Fsp3) is 0.478. The van der Waals surface area contributed by atoms with Crippen molar-refractivity contribution in [3.05, 3.63) is 53.3 Å². The van der Waals surface area contributed by atoms with Crippen LogP contribution < -0.4 is 10.6 Å². The van der Waals surface area contributed by atoms with Crippen LogP contribution in [0.4, 0.5) is 10.5 Å². The quantitative estimate of drug-likeness (QED) is 0.664. The van der Waals surface area contributed by atoms with E-state index in [0.717, 1.165) is 55.1 Å². The number of nitrogens with one attached hydrogen (secondary N) is 2. The van der Waals surface area contributed by atoms with Gasteiger partial charge in [-0.2, -0.15) is 4.31 Å². The highest BCUT2D eigenvalue weighted by molar-refractivity contribution is 7.89. The van der Waals surface area contributed by atoms with Crippen LogP contribution in [0.5, 0.6) is 0 Å². The van der Waals surface area contributed by atoms with E-state index in [4.69, 9.17) is 0 Å². The number of aryl methyl sites for hydroxylation is 3. The number of sulfonamides is 1. The molecule has 32 heavy (non-hydrogen) atoms. The second-order valence-electron chi connectivity index (χ2n) is 8.43. The van der Waals surface area contributed by atoms with Gasteiger partial charge in [-0.25, -0.2) is 13.2 Å². The summed E-state index contributed by atoms with van der Waals surface area (Å²) in [7, 11) is -1.82. The highest BCUT2D eigenvalue weighted by Gasteiger charge is 2.30. The van der Waals surface area contributed by atoms with E-state index in [1.165, 1.54) is 4.31 Å². The Hall–Kier alpha value is -2.49.